The van der Waals surface area contributed by atoms with Gasteiger partial charge in [-0.25, -0.2) is 0 Å². The second-order valence-electron chi connectivity index (χ2n) is 23.2. The number of carbonyl (C=O) groups is 4. The van der Waals surface area contributed by atoms with Crippen LogP contribution < -0.4 is 0 Å². The molecule has 3 unspecified atom stereocenters. The maximum Gasteiger partial charge on any atom is 0.320 e. The zero-order chi connectivity index (χ0) is 61.0. The fraction of sp³-hybridized carbons (Fsp3) is 0.531. The predicted molar refractivity (Wildman–Crippen MR) is 311 cm³/mol. The summed E-state index contributed by atoms with van der Waals surface area (Å²) in [7, 11) is -2.78. The first-order chi connectivity index (χ1) is 41.4. The predicted octanol–water partition coefficient (Wildman–Crippen LogP) is 8.92. The van der Waals surface area contributed by atoms with Gasteiger partial charge in [-0.3, -0.25) is 14.4 Å². The molecule has 5 heterocycles. The summed E-state index contributed by atoms with van der Waals surface area (Å²) in [6.07, 6.45) is -18.8. The van der Waals surface area contributed by atoms with Gasteiger partial charge in [0.1, 0.15) is 79.3 Å². The second kappa shape index (κ2) is 30.3. The Morgan fingerprint density at radius 2 is 1.08 bits per heavy atom. The Bertz CT molecular complexity index is 2810. The van der Waals surface area contributed by atoms with Crippen molar-refractivity contribution in [2.45, 2.75) is 184 Å². The number of ketones is 1. The minimum absolute atomic E-state index is 0.0162. The summed E-state index contributed by atoms with van der Waals surface area (Å²) in [5.41, 5.74) is 2.97. The van der Waals surface area contributed by atoms with Crippen LogP contribution in [0.2, 0.25) is 18.1 Å². The van der Waals surface area contributed by atoms with Gasteiger partial charge in [-0.15, -0.1) is 18.2 Å². The largest absolute Gasteiger partial charge is 0.462 e. The molecule has 0 N–H and O–H groups in total. The molecular weight excluding hydrogens is 1150 g/mol. The van der Waals surface area contributed by atoms with Gasteiger partial charge in [0, 0.05) is 24.5 Å². The third kappa shape index (κ3) is 16.7. The number of esters is 3. The van der Waals surface area contributed by atoms with Crippen LogP contribution in [0, 0.1) is 0 Å². The summed E-state index contributed by atoms with van der Waals surface area (Å²) in [5.74, 6) is -2.93. The van der Waals surface area contributed by atoms with E-state index < -0.39 is 143 Å². The van der Waals surface area contributed by atoms with E-state index in [1.807, 2.05) is 121 Å². The number of Topliss-reactive ketones (excluding diaryl/α,β-unsaturated/α-hetero) is 1. The van der Waals surface area contributed by atoms with Gasteiger partial charge in [-0.2, -0.15) is 0 Å². The molecule has 17 atom stereocenters. The molecule has 5 saturated heterocycles. The average molecular weight is 1230 g/mol. The van der Waals surface area contributed by atoms with Gasteiger partial charge in [0.05, 0.1) is 39.5 Å². The lowest BCUT2D eigenvalue weighted by molar-refractivity contribution is -0.408. The van der Waals surface area contributed by atoms with Crippen LogP contribution in [-0.2, 0) is 108 Å². The van der Waals surface area contributed by atoms with E-state index in [1.165, 1.54) is 19.9 Å². The summed E-state index contributed by atoms with van der Waals surface area (Å²) in [5, 5.41) is -0.336. The summed E-state index contributed by atoms with van der Waals surface area (Å²) < 4.78 is 108. The number of halogens is 1. The van der Waals surface area contributed by atoms with Crippen LogP contribution in [0.1, 0.15) is 82.3 Å². The van der Waals surface area contributed by atoms with E-state index in [2.05, 4.69) is 40.4 Å². The van der Waals surface area contributed by atoms with Gasteiger partial charge >= 0.3 is 17.9 Å². The van der Waals surface area contributed by atoms with Crippen molar-refractivity contribution in [1.82, 2.24) is 0 Å². The topological polar surface area (TPSA) is 216 Å². The third-order valence-electron chi connectivity index (χ3n) is 15.8. The number of alkyl halides is 1. The van der Waals surface area contributed by atoms with Crippen LogP contribution in [0.25, 0.3) is 0 Å². The molecule has 5 aliphatic rings. The molecule has 0 aliphatic carbocycles. The number of benzene rings is 4. The Morgan fingerprint density at radius 3 is 1.60 bits per heavy atom. The van der Waals surface area contributed by atoms with Gasteiger partial charge in [-0.05, 0) is 36.2 Å². The number of rotatable bonds is 25. The molecule has 0 amide bonds. The van der Waals surface area contributed by atoms with Crippen molar-refractivity contribution in [1.29, 1.82) is 0 Å². The SMILES string of the molecule is C=CCO[C@@H]1O[C@@H]2COC(c3ccccc3)O[C@@H]2[C@H](OC2O[C@H](COC(=O)CCl)[C@H](O[C@H]3O[C@@H]4COC(c5ccccc5)O[C@@H]4[C@H](O[Si](C)(C)C(C)(C)C)[C@H]3OC(C)=O)[C@H](OCc3ccccc3)[C@H]2OCc2ccccc2)[C@H]1OC(=O)CCC(C)=O. The fourth-order valence-corrected chi connectivity index (χ4v) is 11.9. The van der Waals surface area contributed by atoms with Crippen LogP contribution in [0.3, 0.4) is 0 Å². The van der Waals surface area contributed by atoms with Crippen molar-refractivity contribution in [2.75, 3.05) is 32.3 Å². The molecule has 0 aromatic heterocycles. The molecule has 0 saturated carbocycles. The highest BCUT2D eigenvalue weighted by Crippen LogP contribution is 2.45. The Labute approximate surface area is 508 Å². The Balaban J connectivity index is 1.16. The molecule has 0 radical (unpaired) electrons. The van der Waals surface area contributed by atoms with Crippen LogP contribution in [-0.4, -0.2) is 156 Å². The fourth-order valence-electron chi connectivity index (χ4n) is 10.5. The van der Waals surface area contributed by atoms with Crippen LogP contribution in [0.5, 0.6) is 0 Å². The second-order valence-corrected chi connectivity index (χ2v) is 28.2. The van der Waals surface area contributed by atoms with Crippen molar-refractivity contribution in [3.8, 4) is 0 Å². The molecule has 5 fully saturated rings. The summed E-state index contributed by atoms with van der Waals surface area (Å²) in [6, 6.07) is 37.5. The van der Waals surface area contributed by atoms with E-state index in [-0.39, 0.29) is 56.7 Å². The maximum atomic E-state index is 13.9. The quantitative estimate of drug-likeness (QED) is 0.0199. The highest BCUT2D eigenvalue weighted by molar-refractivity contribution is 6.74. The minimum Gasteiger partial charge on any atom is -0.462 e. The number of hydrogen-bond donors (Lipinski definition) is 0. The first kappa shape index (κ1) is 65.1. The lowest BCUT2D eigenvalue weighted by Crippen LogP contribution is -2.69. The molecule has 0 bridgehead atoms. The third-order valence-corrected chi connectivity index (χ3v) is 20.5. The molecular formula is C64H79ClO20Si. The summed E-state index contributed by atoms with van der Waals surface area (Å²) >= 11 is 6.11. The number of carbonyl (C=O) groups excluding carboxylic acids is 4. The van der Waals surface area contributed by atoms with Crippen LogP contribution in [0.15, 0.2) is 134 Å². The Hall–Kier alpha value is -5.31. The van der Waals surface area contributed by atoms with Crippen molar-refractivity contribution in [3.63, 3.8) is 0 Å². The highest BCUT2D eigenvalue weighted by atomic mass is 35.5. The number of fused-ring (bicyclic) bond motifs is 2. The van der Waals surface area contributed by atoms with Gasteiger partial charge < -0.3 is 80.3 Å². The minimum atomic E-state index is -2.78. The van der Waals surface area contributed by atoms with E-state index >= 15 is 0 Å². The molecule has 20 nitrogen and oxygen atoms in total. The number of hydrogen-bond acceptors (Lipinski definition) is 20. The monoisotopic (exact) mass is 1230 g/mol. The molecule has 86 heavy (non-hydrogen) atoms. The zero-order valence-corrected chi connectivity index (χ0v) is 51.3. The van der Waals surface area contributed by atoms with Crippen molar-refractivity contribution >= 4 is 43.6 Å². The zero-order valence-electron chi connectivity index (χ0n) is 49.6. The lowest BCUT2D eigenvalue weighted by atomic mass is 9.94. The average Bonchev–Trinajstić information content (AvgIpc) is 1.02. The van der Waals surface area contributed by atoms with E-state index in [9.17, 15) is 19.2 Å². The van der Waals surface area contributed by atoms with Gasteiger partial charge in [-0.1, -0.05) is 148 Å². The highest BCUT2D eigenvalue weighted by Gasteiger charge is 2.60. The van der Waals surface area contributed by atoms with Crippen LogP contribution >= 0.6 is 11.6 Å². The molecule has 4 aromatic carbocycles. The molecule has 22 heteroatoms. The standard InChI is InChI=1S/C64H79ClO20Si/c1-9-32-70-61-57(80-48(68)31-30-39(2)66)54(51-46(77-61)37-74-59(81-51)43-26-18-12-19-27-43)84-62-56(73-35-42-24-16-11-17-25-42)53(72-34-41-22-14-10-15-23-41)50(45(78-62)36-71-49(69)33-65)83-63-58(76-40(3)67)55(85-86(7,8)64(4,5)6)52-47(79-63)38-75-60(82-52)44-28-20-13-21-29-44/h9-29,45-47,50-63H,1,30-38H2,2-8H3/t45-,46-,47-,50+,51+,52+,53+,54+,55+,56-,57-,58-,59?,60?,61-,62?,63-/m1/s1. The van der Waals surface area contributed by atoms with E-state index in [4.69, 9.17) is 87.1 Å². The molecule has 9 rings (SSSR count). The molecule has 5 aliphatic heterocycles. The molecule has 466 valence electrons. The first-order valence-corrected chi connectivity index (χ1v) is 32.5. The summed E-state index contributed by atoms with van der Waals surface area (Å²) in [6.45, 7) is 16.4. The molecule has 4 aromatic rings. The Morgan fingerprint density at radius 1 is 0.581 bits per heavy atom. The molecule has 0 spiro atoms. The van der Waals surface area contributed by atoms with Gasteiger partial charge in [0.25, 0.3) is 0 Å². The van der Waals surface area contributed by atoms with Crippen molar-refractivity contribution < 1.29 is 94.7 Å². The first-order valence-electron chi connectivity index (χ1n) is 29.1. The number of ether oxygens (including phenoxy) is 15. The summed E-state index contributed by atoms with van der Waals surface area (Å²) in [4.78, 5) is 53.0. The van der Waals surface area contributed by atoms with Gasteiger partial charge in [0.15, 0.2) is 52.0 Å². The Kier molecular flexibility index (Phi) is 22.9. The van der Waals surface area contributed by atoms with Crippen molar-refractivity contribution in [3.05, 3.63) is 156 Å². The maximum absolute atomic E-state index is 13.9. The van der Waals surface area contributed by atoms with Gasteiger partial charge in [0.2, 0.25) is 0 Å². The van der Waals surface area contributed by atoms with Crippen LogP contribution in [0.4, 0.5) is 0 Å². The smallest absolute Gasteiger partial charge is 0.320 e. The van der Waals surface area contributed by atoms with E-state index in [1.54, 1.807) is 0 Å². The van der Waals surface area contributed by atoms with E-state index in [0.29, 0.717) is 5.56 Å². The normalized spacial score (nSPS) is 31.1. The van der Waals surface area contributed by atoms with Crippen molar-refractivity contribution in [2.24, 2.45) is 0 Å². The van der Waals surface area contributed by atoms with E-state index in [0.717, 1.165) is 16.7 Å². The lowest BCUT2D eigenvalue weighted by Gasteiger charge is -2.53.